The fraction of sp³-hybridized carbons (Fsp3) is 0.512. The van der Waals surface area contributed by atoms with Crippen molar-refractivity contribution < 1.29 is 42.9 Å². The van der Waals surface area contributed by atoms with Crippen LogP contribution in [0.2, 0.25) is 0 Å². The van der Waals surface area contributed by atoms with Gasteiger partial charge >= 0.3 is 17.9 Å². The molecule has 494 valence electrons. The Kier molecular flexibility index (Phi) is 62.7. The lowest BCUT2D eigenvalue weighted by atomic mass is 10.1. The Morgan fingerprint density at radius 2 is 0.618 bits per heavy atom. The van der Waals surface area contributed by atoms with Crippen molar-refractivity contribution in [1.29, 1.82) is 0 Å². The number of allylic oxidation sites excluding steroid dienone is 36. The van der Waals surface area contributed by atoms with Crippen molar-refractivity contribution in [3.05, 3.63) is 219 Å². The molecule has 0 radical (unpaired) electrons. The molecule has 0 bridgehead atoms. The van der Waals surface area contributed by atoms with E-state index in [1.165, 1.54) is 12.8 Å². The van der Waals surface area contributed by atoms with Gasteiger partial charge < -0.3 is 28.5 Å². The summed E-state index contributed by atoms with van der Waals surface area (Å²) >= 11 is 0. The highest BCUT2D eigenvalue weighted by Crippen LogP contribution is 2.13. The summed E-state index contributed by atoms with van der Waals surface area (Å²) in [5, 5.41) is 9.73. The molecule has 0 aromatic carbocycles. The highest BCUT2D eigenvalue weighted by Gasteiger charge is 2.25. The largest absolute Gasteiger partial charge is 0.477 e. The minimum Gasteiger partial charge on any atom is -0.477 e. The van der Waals surface area contributed by atoms with Gasteiger partial charge in [-0.1, -0.05) is 265 Å². The third-order valence-electron chi connectivity index (χ3n) is 13.2. The number of likely N-dealkylation sites (N-methyl/N-ethyl adjacent to an activating group) is 1. The maximum Gasteiger partial charge on any atom is 0.361 e. The van der Waals surface area contributed by atoms with Gasteiger partial charge in [0.2, 0.25) is 0 Å². The molecule has 0 amide bonds. The van der Waals surface area contributed by atoms with E-state index in [2.05, 4.69) is 233 Å². The topological polar surface area (TPSA) is 108 Å². The van der Waals surface area contributed by atoms with E-state index in [1.54, 1.807) is 0 Å². The average molecular weight is 1230 g/mol. The lowest BCUT2D eigenvalue weighted by Gasteiger charge is -2.25. The molecule has 0 spiro atoms. The maximum absolute atomic E-state index is 12.9. The Labute approximate surface area is 543 Å². The van der Waals surface area contributed by atoms with Crippen LogP contribution < -0.4 is 0 Å². The van der Waals surface area contributed by atoms with E-state index in [0.29, 0.717) is 23.9 Å². The Morgan fingerprint density at radius 3 is 0.933 bits per heavy atom. The van der Waals surface area contributed by atoms with Crippen molar-refractivity contribution >= 4 is 17.9 Å². The number of hydrogen-bond acceptors (Lipinski definition) is 7. The Hall–Kier alpha value is -6.39. The summed E-state index contributed by atoms with van der Waals surface area (Å²) < 4.78 is 22.8. The van der Waals surface area contributed by atoms with Gasteiger partial charge in [-0.05, 0) is 148 Å². The van der Waals surface area contributed by atoms with E-state index in [9.17, 15) is 19.5 Å². The molecule has 0 aliphatic carbocycles. The number of quaternary nitrogens is 1. The molecule has 0 saturated carbocycles. The zero-order chi connectivity index (χ0) is 64.7. The summed E-state index contributed by atoms with van der Waals surface area (Å²) in [6.07, 6.45) is 105. The number of hydrogen-bond donors (Lipinski definition) is 1. The Balaban J connectivity index is 4.30. The predicted octanol–water partition coefficient (Wildman–Crippen LogP) is 21.3. The van der Waals surface area contributed by atoms with Gasteiger partial charge in [0.05, 0.1) is 34.4 Å². The van der Waals surface area contributed by atoms with Crippen molar-refractivity contribution in [2.24, 2.45) is 0 Å². The van der Waals surface area contributed by atoms with Crippen LogP contribution >= 0.6 is 0 Å². The van der Waals surface area contributed by atoms with Crippen LogP contribution in [0.25, 0.3) is 0 Å². The van der Waals surface area contributed by atoms with Gasteiger partial charge in [-0.3, -0.25) is 9.59 Å². The number of ether oxygens (including phenoxy) is 4. The fourth-order valence-corrected chi connectivity index (χ4v) is 8.12. The third kappa shape index (κ3) is 69.0. The van der Waals surface area contributed by atoms with E-state index >= 15 is 0 Å². The summed E-state index contributed by atoms with van der Waals surface area (Å²) in [7, 11) is 5.93. The van der Waals surface area contributed by atoms with Crippen molar-refractivity contribution in [3.8, 4) is 0 Å². The van der Waals surface area contributed by atoms with E-state index in [4.69, 9.17) is 18.9 Å². The molecule has 0 aromatic rings. The average Bonchev–Trinajstić information content (AvgIpc) is 3.64. The zero-order valence-electron chi connectivity index (χ0n) is 56.2. The first-order chi connectivity index (χ1) is 43.6. The standard InChI is InChI=1S/C80H121NO8/c1-6-8-10-12-14-16-18-20-22-24-26-28-30-31-32-33-34-35-36-37-38-39-40-41-42-43-44-45-46-47-49-51-53-55-57-59-61-63-65-67-69-71-78(83)89-76(75-88-80(79(84)85)86-73-72-81(3,4)5)74-87-77(82)70-68-66-64-62-60-58-56-54-52-50-48-29-27-25-23-21-19-17-15-13-11-9-7-2/h8-11,14-17,20-23,26-29,31-32,34-35,37-38,40-41,43-44,46-47,50-53,56,58,62,64,76,80H,6-7,12-13,18-19,24-25,30,33,36,39,42,45,48-49,54-55,57,59-61,63,65-75H2,1-5H3/p+1/b10-8-,11-9-,16-14-,17-15-,22-20-,23-21-,28-26-,29-27-,32-31-,35-34-,38-37-,41-40-,44-43-,47-46-,52-50-,53-51-,58-56-,64-62-. The van der Waals surface area contributed by atoms with Crippen molar-refractivity contribution in [2.75, 3.05) is 47.5 Å². The van der Waals surface area contributed by atoms with Gasteiger partial charge in [0, 0.05) is 12.8 Å². The first kappa shape index (κ1) is 82.6. The fourth-order valence-electron chi connectivity index (χ4n) is 8.12. The molecule has 0 aromatic heterocycles. The van der Waals surface area contributed by atoms with E-state index < -0.39 is 30.3 Å². The smallest absolute Gasteiger partial charge is 0.361 e. The van der Waals surface area contributed by atoms with Gasteiger partial charge in [0.1, 0.15) is 13.2 Å². The summed E-state index contributed by atoms with van der Waals surface area (Å²) in [6, 6.07) is 0. The predicted molar refractivity (Wildman–Crippen MR) is 381 cm³/mol. The first-order valence-electron chi connectivity index (χ1n) is 33.9. The molecule has 2 unspecified atom stereocenters. The molecule has 0 aliphatic rings. The van der Waals surface area contributed by atoms with Gasteiger partial charge in [-0.25, -0.2) is 4.79 Å². The number of carbonyl (C=O) groups excluding carboxylic acids is 2. The van der Waals surface area contributed by atoms with Crippen LogP contribution in [0.4, 0.5) is 0 Å². The second kappa shape index (κ2) is 67.5. The van der Waals surface area contributed by atoms with Gasteiger partial charge in [0.25, 0.3) is 6.29 Å². The molecule has 0 saturated heterocycles. The van der Waals surface area contributed by atoms with Crippen molar-refractivity contribution in [2.45, 2.75) is 219 Å². The number of aliphatic carboxylic acids is 1. The molecule has 9 nitrogen and oxygen atoms in total. The number of carboxylic acid groups (broad SMARTS) is 1. The minimum absolute atomic E-state index is 0.163. The normalized spacial score (nSPS) is 14.1. The highest BCUT2D eigenvalue weighted by atomic mass is 16.7. The third-order valence-corrected chi connectivity index (χ3v) is 13.2. The van der Waals surface area contributed by atoms with Crippen LogP contribution in [0.5, 0.6) is 0 Å². The second-order valence-electron chi connectivity index (χ2n) is 22.7. The van der Waals surface area contributed by atoms with E-state index in [-0.39, 0.29) is 32.7 Å². The molecule has 9 heteroatoms. The van der Waals surface area contributed by atoms with Gasteiger partial charge in [-0.15, -0.1) is 0 Å². The van der Waals surface area contributed by atoms with Gasteiger partial charge in [-0.2, -0.15) is 0 Å². The van der Waals surface area contributed by atoms with Crippen LogP contribution in [0.15, 0.2) is 219 Å². The molecule has 0 fully saturated rings. The number of unbranched alkanes of at least 4 members (excludes halogenated alkanes) is 8. The molecule has 89 heavy (non-hydrogen) atoms. The number of nitrogens with zero attached hydrogens (tertiary/aromatic N) is 1. The number of esters is 2. The first-order valence-corrected chi connectivity index (χ1v) is 33.9. The van der Waals surface area contributed by atoms with Gasteiger partial charge in [0.15, 0.2) is 6.10 Å². The lowest BCUT2D eigenvalue weighted by molar-refractivity contribution is -0.870. The van der Waals surface area contributed by atoms with E-state index in [0.717, 1.165) is 154 Å². The van der Waals surface area contributed by atoms with Crippen molar-refractivity contribution in [1.82, 2.24) is 0 Å². The number of carbonyl (C=O) groups is 3. The molecule has 0 aliphatic heterocycles. The summed E-state index contributed by atoms with van der Waals surface area (Å²) in [5.41, 5.74) is 0. The summed E-state index contributed by atoms with van der Waals surface area (Å²) in [4.78, 5) is 37.5. The maximum atomic E-state index is 12.9. The minimum atomic E-state index is -1.54. The SMILES string of the molecule is CC/C=C\C/C=C\C/C=C\C/C=C\C/C=C\C/C=C\C/C=C\C/C=C\C/C=C\C/C=C\C/C=C\CCCCCCCCCC(=O)OC(COC(=O)CCC/C=C\C/C=C\C/C=C\C/C=C\C/C=C\C/C=C\C/C=C\CC)COC(OCC[N+](C)(C)C)C(=O)O. The van der Waals surface area contributed by atoms with Crippen LogP contribution in [-0.2, 0) is 33.3 Å². The van der Waals surface area contributed by atoms with Crippen LogP contribution in [0.3, 0.4) is 0 Å². The molecular weight excluding hydrogens is 1100 g/mol. The summed E-state index contributed by atoms with van der Waals surface area (Å²) in [6.45, 7) is 4.53. The molecular formula is C80H122NO8+. The quantitative estimate of drug-likeness (QED) is 0.0211. The van der Waals surface area contributed by atoms with Crippen molar-refractivity contribution in [3.63, 3.8) is 0 Å². The highest BCUT2D eigenvalue weighted by molar-refractivity contribution is 5.71. The second-order valence-corrected chi connectivity index (χ2v) is 22.7. The number of rotatable bonds is 59. The number of carboxylic acids is 1. The lowest BCUT2D eigenvalue weighted by Crippen LogP contribution is -2.40. The van der Waals surface area contributed by atoms with Crippen LogP contribution in [0, 0.1) is 0 Å². The molecule has 1 N–H and O–H groups in total. The molecule has 0 rings (SSSR count). The Morgan fingerprint density at radius 1 is 0.337 bits per heavy atom. The van der Waals surface area contributed by atoms with Crippen LogP contribution in [-0.4, -0.2) is 87.4 Å². The monoisotopic (exact) mass is 1220 g/mol. The Bertz CT molecular complexity index is 2260. The van der Waals surface area contributed by atoms with Crippen LogP contribution in [0.1, 0.15) is 206 Å². The van der Waals surface area contributed by atoms with E-state index in [1.807, 2.05) is 21.1 Å². The molecule has 0 heterocycles. The summed E-state index contributed by atoms with van der Waals surface area (Å²) in [5.74, 6) is -2.13. The zero-order valence-corrected chi connectivity index (χ0v) is 56.2. The molecule has 2 atom stereocenters.